The topological polar surface area (TPSA) is 29.3 Å². The van der Waals surface area contributed by atoms with Crippen LogP contribution in [0.2, 0.25) is 0 Å². The molecule has 0 bridgehead atoms. The third kappa shape index (κ3) is 3.46. The fourth-order valence-electron chi connectivity index (χ4n) is 2.13. The minimum Gasteiger partial charge on any atom is -0.398 e. The first-order valence-corrected chi connectivity index (χ1v) is 7.28. The number of nitrogens with zero attached hydrogens (tertiary/aromatic N) is 1. The van der Waals surface area contributed by atoms with Gasteiger partial charge in [0, 0.05) is 22.7 Å². The average molecular weight is 297 g/mol. The SMILES string of the molecule is CCCCN(Cc1cccc(N)c1Br)C1CC1. The third-order valence-electron chi connectivity index (χ3n) is 3.34. The van der Waals surface area contributed by atoms with Gasteiger partial charge in [0.15, 0.2) is 0 Å². The molecule has 1 saturated carbocycles. The maximum atomic E-state index is 5.92. The summed E-state index contributed by atoms with van der Waals surface area (Å²) in [6.07, 6.45) is 5.28. The van der Waals surface area contributed by atoms with Crippen molar-refractivity contribution in [2.75, 3.05) is 12.3 Å². The molecule has 2 rings (SSSR count). The maximum absolute atomic E-state index is 5.92. The van der Waals surface area contributed by atoms with Gasteiger partial charge in [-0.15, -0.1) is 0 Å². The van der Waals surface area contributed by atoms with Gasteiger partial charge in [0.25, 0.3) is 0 Å². The molecular weight excluding hydrogens is 276 g/mol. The molecule has 0 spiro atoms. The largest absolute Gasteiger partial charge is 0.398 e. The van der Waals surface area contributed by atoms with Gasteiger partial charge in [0.2, 0.25) is 0 Å². The van der Waals surface area contributed by atoms with E-state index < -0.39 is 0 Å². The molecule has 0 radical (unpaired) electrons. The normalized spacial score (nSPS) is 15.5. The Hall–Kier alpha value is -0.540. The first-order chi connectivity index (χ1) is 8.22. The van der Waals surface area contributed by atoms with E-state index in [1.54, 1.807) is 0 Å². The van der Waals surface area contributed by atoms with Crippen molar-refractivity contribution in [3.63, 3.8) is 0 Å². The smallest absolute Gasteiger partial charge is 0.0461 e. The summed E-state index contributed by atoms with van der Waals surface area (Å²) in [5, 5.41) is 0. The summed E-state index contributed by atoms with van der Waals surface area (Å²) < 4.78 is 1.07. The van der Waals surface area contributed by atoms with Crippen LogP contribution in [-0.2, 0) is 6.54 Å². The molecule has 1 fully saturated rings. The van der Waals surface area contributed by atoms with Crippen molar-refractivity contribution in [1.29, 1.82) is 0 Å². The highest BCUT2D eigenvalue weighted by molar-refractivity contribution is 9.10. The van der Waals surface area contributed by atoms with Crippen LogP contribution in [0.4, 0.5) is 5.69 Å². The molecule has 94 valence electrons. The zero-order valence-electron chi connectivity index (χ0n) is 10.5. The second kappa shape index (κ2) is 5.87. The lowest BCUT2D eigenvalue weighted by Gasteiger charge is -2.22. The summed E-state index contributed by atoms with van der Waals surface area (Å²) in [5.41, 5.74) is 8.08. The summed E-state index contributed by atoms with van der Waals surface area (Å²) in [6, 6.07) is 6.97. The van der Waals surface area contributed by atoms with Crippen molar-refractivity contribution in [2.45, 2.75) is 45.2 Å². The van der Waals surface area contributed by atoms with Crippen LogP contribution in [0.25, 0.3) is 0 Å². The summed E-state index contributed by atoms with van der Waals surface area (Å²) in [4.78, 5) is 2.60. The number of anilines is 1. The van der Waals surface area contributed by atoms with Crippen LogP contribution in [-0.4, -0.2) is 17.5 Å². The minimum atomic E-state index is 0.815. The minimum absolute atomic E-state index is 0.815. The quantitative estimate of drug-likeness (QED) is 0.809. The molecule has 0 atom stereocenters. The molecule has 1 aromatic carbocycles. The Kier molecular flexibility index (Phi) is 4.46. The Balaban J connectivity index is 2.03. The van der Waals surface area contributed by atoms with E-state index >= 15 is 0 Å². The first kappa shape index (κ1) is 12.9. The molecule has 17 heavy (non-hydrogen) atoms. The summed E-state index contributed by atoms with van der Waals surface area (Å²) in [7, 11) is 0. The van der Waals surface area contributed by atoms with Crippen LogP contribution < -0.4 is 5.73 Å². The lowest BCUT2D eigenvalue weighted by molar-refractivity contribution is 0.250. The molecule has 3 heteroatoms. The van der Waals surface area contributed by atoms with Crippen LogP contribution in [0.15, 0.2) is 22.7 Å². The van der Waals surface area contributed by atoms with E-state index in [9.17, 15) is 0 Å². The van der Waals surface area contributed by atoms with E-state index in [1.807, 2.05) is 12.1 Å². The van der Waals surface area contributed by atoms with Gasteiger partial charge >= 0.3 is 0 Å². The highest BCUT2D eigenvalue weighted by Crippen LogP contribution is 2.31. The van der Waals surface area contributed by atoms with Crippen molar-refractivity contribution in [3.05, 3.63) is 28.2 Å². The Bertz CT molecular complexity index is 374. The zero-order chi connectivity index (χ0) is 12.3. The van der Waals surface area contributed by atoms with Gasteiger partial charge in [-0.3, -0.25) is 4.90 Å². The number of hydrogen-bond donors (Lipinski definition) is 1. The number of nitrogens with two attached hydrogens (primary N) is 1. The van der Waals surface area contributed by atoms with Crippen molar-refractivity contribution in [3.8, 4) is 0 Å². The van der Waals surface area contributed by atoms with Gasteiger partial charge in [-0.05, 0) is 53.4 Å². The molecule has 1 aromatic rings. The van der Waals surface area contributed by atoms with Gasteiger partial charge < -0.3 is 5.73 Å². The lowest BCUT2D eigenvalue weighted by Crippen LogP contribution is -2.26. The number of unbranched alkanes of at least 4 members (excludes halogenated alkanes) is 1. The number of halogens is 1. The van der Waals surface area contributed by atoms with Crippen LogP contribution in [0.3, 0.4) is 0 Å². The number of rotatable bonds is 6. The predicted octanol–water partition coefficient (Wildman–Crippen LogP) is 3.80. The second-order valence-electron chi connectivity index (χ2n) is 4.88. The van der Waals surface area contributed by atoms with Gasteiger partial charge in [-0.1, -0.05) is 25.5 Å². The molecular formula is C14H21BrN2. The molecule has 1 aliphatic rings. The number of nitrogen functional groups attached to an aromatic ring is 1. The Morgan fingerprint density at radius 1 is 1.41 bits per heavy atom. The van der Waals surface area contributed by atoms with E-state index in [0.717, 1.165) is 22.7 Å². The predicted molar refractivity (Wildman–Crippen MR) is 76.9 cm³/mol. The number of benzene rings is 1. The van der Waals surface area contributed by atoms with E-state index in [2.05, 4.69) is 33.8 Å². The second-order valence-corrected chi connectivity index (χ2v) is 5.67. The van der Waals surface area contributed by atoms with Crippen molar-refractivity contribution < 1.29 is 0 Å². The Morgan fingerprint density at radius 3 is 2.82 bits per heavy atom. The highest BCUT2D eigenvalue weighted by Gasteiger charge is 2.28. The lowest BCUT2D eigenvalue weighted by atomic mass is 10.2. The van der Waals surface area contributed by atoms with Crippen LogP contribution >= 0.6 is 15.9 Å². The van der Waals surface area contributed by atoms with Crippen LogP contribution in [0.5, 0.6) is 0 Å². The van der Waals surface area contributed by atoms with E-state index in [1.165, 1.54) is 37.8 Å². The summed E-state index contributed by atoms with van der Waals surface area (Å²) in [5.74, 6) is 0. The van der Waals surface area contributed by atoms with E-state index in [4.69, 9.17) is 5.73 Å². The van der Waals surface area contributed by atoms with Crippen molar-refractivity contribution in [1.82, 2.24) is 4.90 Å². The van der Waals surface area contributed by atoms with E-state index in [-0.39, 0.29) is 0 Å². The van der Waals surface area contributed by atoms with Gasteiger partial charge in [-0.2, -0.15) is 0 Å². The third-order valence-corrected chi connectivity index (χ3v) is 4.31. The fourth-order valence-corrected chi connectivity index (χ4v) is 2.52. The van der Waals surface area contributed by atoms with Crippen LogP contribution in [0, 0.1) is 0 Å². The summed E-state index contributed by atoms with van der Waals surface area (Å²) in [6.45, 7) is 4.49. The molecule has 0 heterocycles. The number of hydrogen-bond acceptors (Lipinski definition) is 2. The highest BCUT2D eigenvalue weighted by atomic mass is 79.9. The zero-order valence-corrected chi connectivity index (χ0v) is 12.0. The summed E-state index contributed by atoms with van der Waals surface area (Å²) >= 11 is 3.59. The first-order valence-electron chi connectivity index (χ1n) is 6.49. The monoisotopic (exact) mass is 296 g/mol. The Morgan fingerprint density at radius 2 is 2.18 bits per heavy atom. The average Bonchev–Trinajstić information content (AvgIpc) is 3.14. The molecule has 2 nitrogen and oxygen atoms in total. The van der Waals surface area contributed by atoms with E-state index in [0.29, 0.717) is 0 Å². The fraction of sp³-hybridized carbons (Fsp3) is 0.571. The molecule has 0 saturated heterocycles. The molecule has 0 unspecified atom stereocenters. The van der Waals surface area contributed by atoms with Crippen molar-refractivity contribution >= 4 is 21.6 Å². The molecule has 0 aromatic heterocycles. The molecule has 0 aliphatic heterocycles. The molecule has 2 N–H and O–H groups in total. The Labute approximate surface area is 112 Å². The standard InChI is InChI=1S/C14H21BrN2/c1-2-3-9-17(12-7-8-12)10-11-5-4-6-13(16)14(11)15/h4-6,12H,2-3,7-10,16H2,1H3. The molecule has 1 aliphatic carbocycles. The maximum Gasteiger partial charge on any atom is 0.0461 e. The van der Waals surface area contributed by atoms with Gasteiger partial charge in [0.1, 0.15) is 0 Å². The van der Waals surface area contributed by atoms with Crippen molar-refractivity contribution in [2.24, 2.45) is 0 Å². The van der Waals surface area contributed by atoms with Gasteiger partial charge in [0.05, 0.1) is 0 Å². The van der Waals surface area contributed by atoms with Crippen LogP contribution in [0.1, 0.15) is 38.2 Å². The van der Waals surface area contributed by atoms with Gasteiger partial charge in [-0.25, -0.2) is 0 Å². The molecule has 0 amide bonds.